The zero-order valence-corrected chi connectivity index (χ0v) is 12.9. The molecule has 0 fully saturated rings. The Bertz CT molecular complexity index is 437. The van der Waals surface area contributed by atoms with Gasteiger partial charge < -0.3 is 9.47 Å². The van der Waals surface area contributed by atoms with Crippen LogP contribution in [-0.4, -0.2) is 26.0 Å². The van der Waals surface area contributed by atoms with Gasteiger partial charge in [0.15, 0.2) is 5.78 Å². The fourth-order valence-electron chi connectivity index (χ4n) is 2.11. The summed E-state index contributed by atoms with van der Waals surface area (Å²) in [6.07, 6.45) is 5.88. The predicted molar refractivity (Wildman–Crippen MR) is 81.7 cm³/mol. The number of rotatable bonds is 10. The number of ketones is 1. The number of benzene rings is 1. The van der Waals surface area contributed by atoms with Crippen molar-refractivity contribution in [1.82, 2.24) is 0 Å². The average Bonchev–Trinajstić information content (AvgIpc) is 2.53. The van der Waals surface area contributed by atoms with Gasteiger partial charge in [-0.25, -0.2) is 0 Å². The molecule has 1 aromatic carbocycles. The highest BCUT2D eigenvalue weighted by Crippen LogP contribution is 2.15. The molecule has 0 bridgehead atoms. The van der Waals surface area contributed by atoms with Crippen molar-refractivity contribution < 1.29 is 19.1 Å². The summed E-state index contributed by atoms with van der Waals surface area (Å²) in [5.74, 6) is 0.786. The van der Waals surface area contributed by atoms with E-state index in [0.717, 1.165) is 43.4 Å². The van der Waals surface area contributed by atoms with Gasteiger partial charge in [0, 0.05) is 18.4 Å². The summed E-state index contributed by atoms with van der Waals surface area (Å²) in [5, 5.41) is 0. The molecule has 1 aromatic rings. The Morgan fingerprint density at radius 1 is 0.857 bits per heavy atom. The van der Waals surface area contributed by atoms with E-state index in [1.165, 1.54) is 7.11 Å². The van der Waals surface area contributed by atoms with Gasteiger partial charge in [0.05, 0.1) is 14.2 Å². The van der Waals surface area contributed by atoms with Crippen molar-refractivity contribution in [3.05, 3.63) is 29.8 Å². The van der Waals surface area contributed by atoms with Crippen LogP contribution < -0.4 is 4.74 Å². The molecule has 116 valence electrons. The molecule has 0 saturated carbocycles. The molecule has 0 saturated heterocycles. The molecule has 0 aliphatic rings. The molecular weight excluding hydrogens is 268 g/mol. The monoisotopic (exact) mass is 292 g/mol. The molecule has 0 unspecified atom stereocenters. The molecule has 0 heterocycles. The number of carbonyl (C=O) groups is 2. The largest absolute Gasteiger partial charge is 0.497 e. The zero-order valence-electron chi connectivity index (χ0n) is 12.9. The third-order valence-electron chi connectivity index (χ3n) is 3.42. The number of hydrogen-bond donors (Lipinski definition) is 0. The summed E-state index contributed by atoms with van der Waals surface area (Å²) in [5.41, 5.74) is 0.737. The lowest BCUT2D eigenvalue weighted by Crippen LogP contribution is -2.00. The minimum Gasteiger partial charge on any atom is -0.497 e. The summed E-state index contributed by atoms with van der Waals surface area (Å²) in [6.45, 7) is 0. The normalized spacial score (nSPS) is 10.2. The Labute approximate surface area is 126 Å². The first-order valence-electron chi connectivity index (χ1n) is 7.41. The van der Waals surface area contributed by atoms with E-state index in [2.05, 4.69) is 4.74 Å². The second kappa shape index (κ2) is 9.97. The lowest BCUT2D eigenvalue weighted by molar-refractivity contribution is -0.140. The quantitative estimate of drug-likeness (QED) is 0.374. The molecule has 1 rings (SSSR count). The summed E-state index contributed by atoms with van der Waals surface area (Å²) in [7, 11) is 3.02. The van der Waals surface area contributed by atoms with E-state index in [4.69, 9.17) is 4.74 Å². The zero-order chi connectivity index (χ0) is 15.5. The van der Waals surface area contributed by atoms with Gasteiger partial charge in [-0.3, -0.25) is 9.59 Å². The molecule has 0 aliphatic heterocycles. The van der Waals surface area contributed by atoms with Crippen LogP contribution in [0.15, 0.2) is 24.3 Å². The highest BCUT2D eigenvalue weighted by atomic mass is 16.5. The lowest BCUT2D eigenvalue weighted by Gasteiger charge is -2.03. The van der Waals surface area contributed by atoms with Crippen LogP contribution >= 0.6 is 0 Å². The maximum atomic E-state index is 12.0. The number of methoxy groups -OCH3 is 2. The van der Waals surface area contributed by atoms with E-state index in [9.17, 15) is 9.59 Å². The van der Waals surface area contributed by atoms with Crippen LogP contribution in [0.4, 0.5) is 0 Å². The number of hydrogen-bond acceptors (Lipinski definition) is 4. The minimum absolute atomic E-state index is 0.148. The third-order valence-corrected chi connectivity index (χ3v) is 3.42. The molecule has 0 amide bonds. The Kier molecular flexibility index (Phi) is 8.17. The SMILES string of the molecule is COC(=O)CCCCCCCC(=O)c1ccc(OC)cc1. The van der Waals surface area contributed by atoms with Crippen molar-refractivity contribution in [2.45, 2.75) is 44.9 Å². The molecule has 4 nitrogen and oxygen atoms in total. The van der Waals surface area contributed by atoms with E-state index in [0.29, 0.717) is 12.8 Å². The summed E-state index contributed by atoms with van der Waals surface area (Å²) < 4.78 is 9.65. The lowest BCUT2D eigenvalue weighted by atomic mass is 10.0. The van der Waals surface area contributed by atoms with Gasteiger partial charge in [0.25, 0.3) is 0 Å². The highest BCUT2D eigenvalue weighted by molar-refractivity contribution is 5.96. The number of carbonyl (C=O) groups excluding carboxylic acids is 2. The minimum atomic E-state index is -0.148. The highest BCUT2D eigenvalue weighted by Gasteiger charge is 2.05. The number of Topliss-reactive ketones (excluding diaryl/α,β-unsaturated/α-hetero) is 1. The topological polar surface area (TPSA) is 52.6 Å². The molecule has 0 N–H and O–H groups in total. The van der Waals surface area contributed by atoms with E-state index >= 15 is 0 Å². The number of esters is 1. The molecule has 4 heteroatoms. The molecule has 0 spiro atoms. The molecule has 0 atom stereocenters. The van der Waals surface area contributed by atoms with Gasteiger partial charge in [0.2, 0.25) is 0 Å². The first-order chi connectivity index (χ1) is 10.2. The van der Waals surface area contributed by atoms with Crippen LogP contribution in [0.2, 0.25) is 0 Å². The molecule has 0 aliphatic carbocycles. The Hall–Kier alpha value is -1.84. The molecule has 0 radical (unpaired) electrons. The maximum Gasteiger partial charge on any atom is 0.305 e. The first-order valence-corrected chi connectivity index (χ1v) is 7.41. The van der Waals surface area contributed by atoms with Crippen molar-refractivity contribution >= 4 is 11.8 Å². The van der Waals surface area contributed by atoms with Crippen molar-refractivity contribution in [3.63, 3.8) is 0 Å². The number of unbranched alkanes of at least 4 members (excludes halogenated alkanes) is 4. The van der Waals surface area contributed by atoms with Gasteiger partial charge in [-0.2, -0.15) is 0 Å². The summed E-state index contributed by atoms with van der Waals surface area (Å²) in [4.78, 5) is 22.9. The standard InChI is InChI=1S/C17H24O4/c1-20-15-12-10-14(11-13-15)16(18)8-6-4-3-5-7-9-17(19)21-2/h10-13H,3-9H2,1-2H3. The first kappa shape index (κ1) is 17.2. The Balaban J connectivity index is 2.11. The number of ether oxygens (including phenoxy) is 2. The molecular formula is C17H24O4. The van der Waals surface area contributed by atoms with Gasteiger partial charge in [-0.05, 0) is 37.1 Å². The van der Waals surface area contributed by atoms with Crippen LogP contribution in [0.5, 0.6) is 5.75 Å². The van der Waals surface area contributed by atoms with Crippen LogP contribution in [0.25, 0.3) is 0 Å². The van der Waals surface area contributed by atoms with Crippen LogP contribution in [0.3, 0.4) is 0 Å². The summed E-state index contributed by atoms with van der Waals surface area (Å²) >= 11 is 0. The van der Waals surface area contributed by atoms with Gasteiger partial charge in [-0.15, -0.1) is 0 Å². The second-order valence-electron chi connectivity index (χ2n) is 5.00. The van der Waals surface area contributed by atoms with Crippen LogP contribution in [0, 0.1) is 0 Å². The van der Waals surface area contributed by atoms with Crippen LogP contribution in [0.1, 0.15) is 55.3 Å². The second-order valence-corrected chi connectivity index (χ2v) is 5.00. The summed E-state index contributed by atoms with van der Waals surface area (Å²) in [6, 6.07) is 7.22. The van der Waals surface area contributed by atoms with Gasteiger partial charge >= 0.3 is 5.97 Å². The Morgan fingerprint density at radius 2 is 1.43 bits per heavy atom. The van der Waals surface area contributed by atoms with Crippen molar-refractivity contribution in [2.24, 2.45) is 0 Å². The van der Waals surface area contributed by atoms with E-state index in [-0.39, 0.29) is 11.8 Å². The fourth-order valence-corrected chi connectivity index (χ4v) is 2.11. The average molecular weight is 292 g/mol. The third kappa shape index (κ3) is 6.93. The molecule has 21 heavy (non-hydrogen) atoms. The molecule has 0 aromatic heterocycles. The Morgan fingerprint density at radius 3 is 2.00 bits per heavy atom. The van der Waals surface area contributed by atoms with E-state index in [1.54, 1.807) is 31.4 Å². The smallest absolute Gasteiger partial charge is 0.305 e. The van der Waals surface area contributed by atoms with Gasteiger partial charge in [-0.1, -0.05) is 19.3 Å². The van der Waals surface area contributed by atoms with E-state index < -0.39 is 0 Å². The predicted octanol–water partition coefficient (Wildman–Crippen LogP) is 3.78. The fraction of sp³-hybridized carbons (Fsp3) is 0.529. The van der Waals surface area contributed by atoms with Crippen molar-refractivity contribution in [1.29, 1.82) is 0 Å². The van der Waals surface area contributed by atoms with Gasteiger partial charge in [0.1, 0.15) is 5.75 Å². The van der Waals surface area contributed by atoms with Crippen molar-refractivity contribution in [2.75, 3.05) is 14.2 Å². The maximum absolute atomic E-state index is 12.0. The van der Waals surface area contributed by atoms with E-state index in [1.807, 2.05) is 0 Å². The van der Waals surface area contributed by atoms with Crippen molar-refractivity contribution in [3.8, 4) is 5.75 Å². The van der Waals surface area contributed by atoms with Crippen LogP contribution in [-0.2, 0) is 9.53 Å².